The van der Waals surface area contributed by atoms with Gasteiger partial charge in [-0.1, -0.05) is 46.5 Å². The first-order valence-electron chi connectivity index (χ1n) is 7.51. The van der Waals surface area contributed by atoms with Gasteiger partial charge in [0.2, 0.25) is 0 Å². The molecule has 0 aliphatic heterocycles. The highest BCUT2D eigenvalue weighted by Crippen LogP contribution is 2.19. The zero-order valence-electron chi connectivity index (χ0n) is 12.3. The van der Waals surface area contributed by atoms with Gasteiger partial charge in [0, 0.05) is 6.42 Å². The summed E-state index contributed by atoms with van der Waals surface area (Å²) >= 11 is 0. The van der Waals surface area contributed by atoms with E-state index in [1.54, 1.807) is 6.08 Å². The van der Waals surface area contributed by atoms with Gasteiger partial charge in [-0.25, -0.2) is 4.39 Å². The summed E-state index contributed by atoms with van der Waals surface area (Å²) in [4.78, 5) is 11.5. The number of hydrogen-bond acceptors (Lipinski definition) is 1. The SMILES string of the molecule is CCCCCC(/C=C(\F)CC(=O)CCCC)CC. The molecule has 0 radical (unpaired) electrons. The van der Waals surface area contributed by atoms with E-state index >= 15 is 0 Å². The number of Topliss-reactive ketones (excluding diaryl/α,β-unsaturated/α-hetero) is 1. The van der Waals surface area contributed by atoms with Crippen LogP contribution in [0.25, 0.3) is 0 Å². The first-order valence-corrected chi connectivity index (χ1v) is 7.51. The molecule has 0 saturated heterocycles. The molecule has 0 fully saturated rings. The van der Waals surface area contributed by atoms with Gasteiger partial charge in [-0.3, -0.25) is 4.79 Å². The molecular formula is C16H29FO. The molecule has 0 aromatic rings. The van der Waals surface area contributed by atoms with Gasteiger partial charge in [-0.05, 0) is 31.3 Å². The molecule has 0 aliphatic rings. The van der Waals surface area contributed by atoms with E-state index in [9.17, 15) is 9.18 Å². The molecular weight excluding hydrogens is 227 g/mol. The lowest BCUT2D eigenvalue weighted by Gasteiger charge is -2.10. The van der Waals surface area contributed by atoms with Gasteiger partial charge in [-0.2, -0.15) is 0 Å². The van der Waals surface area contributed by atoms with E-state index in [-0.39, 0.29) is 18.0 Å². The molecule has 0 amide bonds. The molecule has 0 spiro atoms. The quantitative estimate of drug-likeness (QED) is 0.440. The molecule has 0 N–H and O–H groups in total. The average Bonchev–Trinajstić information content (AvgIpc) is 2.35. The maximum absolute atomic E-state index is 13.7. The molecule has 0 aromatic carbocycles. The maximum Gasteiger partial charge on any atom is 0.139 e. The summed E-state index contributed by atoms with van der Waals surface area (Å²) in [5.41, 5.74) is 0. The predicted molar refractivity (Wildman–Crippen MR) is 76.3 cm³/mol. The van der Waals surface area contributed by atoms with Gasteiger partial charge in [0.15, 0.2) is 0 Å². The molecule has 0 bridgehead atoms. The van der Waals surface area contributed by atoms with Crippen molar-refractivity contribution < 1.29 is 9.18 Å². The van der Waals surface area contributed by atoms with E-state index in [0.29, 0.717) is 12.3 Å². The number of halogens is 1. The van der Waals surface area contributed by atoms with Crippen LogP contribution in [-0.4, -0.2) is 5.78 Å². The van der Waals surface area contributed by atoms with Crippen LogP contribution in [0, 0.1) is 5.92 Å². The molecule has 0 saturated carbocycles. The Hall–Kier alpha value is -0.660. The third-order valence-corrected chi connectivity index (χ3v) is 3.29. The van der Waals surface area contributed by atoms with E-state index in [2.05, 4.69) is 13.8 Å². The van der Waals surface area contributed by atoms with Crippen LogP contribution < -0.4 is 0 Å². The van der Waals surface area contributed by atoms with Crippen LogP contribution in [-0.2, 0) is 4.79 Å². The number of unbranched alkanes of at least 4 members (excludes halogenated alkanes) is 3. The monoisotopic (exact) mass is 256 g/mol. The molecule has 0 heterocycles. The Morgan fingerprint density at radius 1 is 1.11 bits per heavy atom. The first kappa shape index (κ1) is 17.3. The van der Waals surface area contributed by atoms with Gasteiger partial charge in [0.25, 0.3) is 0 Å². The molecule has 0 aliphatic carbocycles. The summed E-state index contributed by atoms with van der Waals surface area (Å²) in [6.07, 6.45) is 9.63. The summed E-state index contributed by atoms with van der Waals surface area (Å²) in [6, 6.07) is 0. The van der Waals surface area contributed by atoms with Crippen molar-refractivity contribution >= 4 is 5.78 Å². The third-order valence-electron chi connectivity index (χ3n) is 3.29. The average molecular weight is 256 g/mol. The number of hydrogen-bond donors (Lipinski definition) is 0. The Labute approximate surface area is 112 Å². The molecule has 0 aromatic heterocycles. The lowest BCUT2D eigenvalue weighted by atomic mass is 9.97. The fourth-order valence-electron chi connectivity index (χ4n) is 2.03. The Morgan fingerprint density at radius 3 is 2.33 bits per heavy atom. The summed E-state index contributed by atoms with van der Waals surface area (Å²) in [5, 5.41) is 0. The second-order valence-electron chi connectivity index (χ2n) is 5.10. The molecule has 106 valence electrons. The van der Waals surface area contributed by atoms with Gasteiger partial charge in [0.05, 0.1) is 6.42 Å². The summed E-state index contributed by atoms with van der Waals surface area (Å²) in [7, 11) is 0. The van der Waals surface area contributed by atoms with E-state index in [1.807, 2.05) is 6.92 Å². The minimum Gasteiger partial charge on any atom is -0.299 e. The van der Waals surface area contributed by atoms with Gasteiger partial charge >= 0.3 is 0 Å². The maximum atomic E-state index is 13.7. The number of carbonyl (C=O) groups excluding carboxylic acids is 1. The molecule has 2 heteroatoms. The van der Waals surface area contributed by atoms with Crippen molar-refractivity contribution in [2.75, 3.05) is 0 Å². The van der Waals surface area contributed by atoms with Crippen molar-refractivity contribution in [1.29, 1.82) is 0 Å². The molecule has 18 heavy (non-hydrogen) atoms. The van der Waals surface area contributed by atoms with Crippen molar-refractivity contribution in [2.45, 2.75) is 78.6 Å². The summed E-state index contributed by atoms with van der Waals surface area (Å²) < 4.78 is 13.7. The largest absolute Gasteiger partial charge is 0.299 e. The van der Waals surface area contributed by atoms with Crippen molar-refractivity contribution in [2.24, 2.45) is 5.92 Å². The number of allylic oxidation sites excluding steroid dienone is 2. The second-order valence-corrected chi connectivity index (χ2v) is 5.10. The normalized spacial score (nSPS) is 13.7. The molecule has 1 atom stereocenters. The highest BCUT2D eigenvalue weighted by atomic mass is 19.1. The van der Waals surface area contributed by atoms with E-state index in [0.717, 1.165) is 32.1 Å². The van der Waals surface area contributed by atoms with Crippen molar-refractivity contribution in [3.8, 4) is 0 Å². The van der Waals surface area contributed by atoms with Crippen LogP contribution in [0.3, 0.4) is 0 Å². The highest BCUT2D eigenvalue weighted by molar-refractivity contribution is 5.80. The lowest BCUT2D eigenvalue weighted by Crippen LogP contribution is -2.00. The van der Waals surface area contributed by atoms with Crippen molar-refractivity contribution in [3.63, 3.8) is 0 Å². The van der Waals surface area contributed by atoms with Gasteiger partial charge in [-0.15, -0.1) is 0 Å². The van der Waals surface area contributed by atoms with E-state index in [1.165, 1.54) is 12.8 Å². The summed E-state index contributed by atoms with van der Waals surface area (Å²) in [5.74, 6) is 0.115. The van der Waals surface area contributed by atoms with Crippen LogP contribution in [0.2, 0.25) is 0 Å². The van der Waals surface area contributed by atoms with Gasteiger partial charge < -0.3 is 0 Å². The Balaban J connectivity index is 4.05. The van der Waals surface area contributed by atoms with E-state index in [4.69, 9.17) is 0 Å². The van der Waals surface area contributed by atoms with Gasteiger partial charge in [0.1, 0.15) is 11.6 Å². The zero-order chi connectivity index (χ0) is 13.8. The smallest absolute Gasteiger partial charge is 0.139 e. The predicted octanol–water partition coefficient (Wildman–Crippen LogP) is 5.60. The molecule has 0 rings (SSSR count). The van der Waals surface area contributed by atoms with E-state index < -0.39 is 0 Å². The van der Waals surface area contributed by atoms with Crippen molar-refractivity contribution in [3.05, 3.63) is 11.9 Å². The Morgan fingerprint density at radius 2 is 1.78 bits per heavy atom. The standard InChI is InChI=1S/C16H29FO/c1-4-7-9-10-14(6-3)12-15(17)13-16(18)11-8-5-2/h12,14H,4-11,13H2,1-3H3/b15-12-. The second kappa shape index (κ2) is 11.4. The van der Waals surface area contributed by atoms with Crippen molar-refractivity contribution in [1.82, 2.24) is 0 Å². The zero-order valence-corrected chi connectivity index (χ0v) is 12.3. The minimum atomic E-state index is -0.223. The fourth-order valence-corrected chi connectivity index (χ4v) is 2.03. The van der Waals surface area contributed by atoms with Crippen LogP contribution in [0.1, 0.15) is 78.6 Å². The Kier molecular flexibility index (Phi) is 11.0. The fraction of sp³-hybridized carbons (Fsp3) is 0.812. The lowest BCUT2D eigenvalue weighted by molar-refractivity contribution is -0.118. The van der Waals surface area contributed by atoms with Crippen LogP contribution in [0.15, 0.2) is 11.9 Å². The number of ketones is 1. The van der Waals surface area contributed by atoms with Crippen LogP contribution in [0.4, 0.5) is 4.39 Å². The first-order chi connectivity index (χ1) is 8.63. The molecule has 1 nitrogen and oxygen atoms in total. The minimum absolute atomic E-state index is 0.00424. The topological polar surface area (TPSA) is 17.1 Å². The summed E-state index contributed by atoms with van der Waals surface area (Å²) in [6.45, 7) is 6.30. The molecule has 1 unspecified atom stereocenters. The number of rotatable bonds is 11. The number of carbonyl (C=O) groups is 1. The van der Waals surface area contributed by atoms with Crippen LogP contribution >= 0.6 is 0 Å². The highest BCUT2D eigenvalue weighted by Gasteiger charge is 2.09. The third kappa shape index (κ3) is 9.38. The van der Waals surface area contributed by atoms with Crippen LogP contribution in [0.5, 0.6) is 0 Å². The Bertz CT molecular complexity index is 245.